The van der Waals surface area contributed by atoms with E-state index < -0.39 is 0 Å². The molecule has 6 nitrogen and oxygen atoms in total. The number of rotatable bonds is 4. The SMILES string of the molecule is Cc1cccc(C(=O)N2CCCC2)c1NC(=O)NCc1ccccn1. The van der Waals surface area contributed by atoms with Crippen LogP contribution < -0.4 is 10.6 Å². The molecule has 1 aliphatic rings. The van der Waals surface area contributed by atoms with Crippen molar-refractivity contribution < 1.29 is 9.59 Å². The summed E-state index contributed by atoms with van der Waals surface area (Å²) < 4.78 is 0. The predicted octanol–water partition coefficient (Wildman–Crippen LogP) is 2.95. The highest BCUT2D eigenvalue weighted by Crippen LogP contribution is 2.23. The highest BCUT2D eigenvalue weighted by Gasteiger charge is 2.23. The Bertz CT molecular complexity index is 755. The molecular weight excluding hydrogens is 316 g/mol. The van der Waals surface area contributed by atoms with Gasteiger partial charge < -0.3 is 15.5 Å². The lowest BCUT2D eigenvalue weighted by Gasteiger charge is -2.19. The molecule has 0 spiro atoms. The molecule has 1 aromatic carbocycles. The number of carbonyl (C=O) groups excluding carboxylic acids is 2. The minimum absolute atomic E-state index is 0.0266. The van der Waals surface area contributed by atoms with Crippen LogP contribution in [-0.4, -0.2) is 34.9 Å². The van der Waals surface area contributed by atoms with E-state index in [1.165, 1.54) is 0 Å². The van der Waals surface area contributed by atoms with Crippen LogP contribution in [-0.2, 0) is 6.54 Å². The molecule has 1 aromatic heterocycles. The summed E-state index contributed by atoms with van der Waals surface area (Å²) >= 11 is 0. The van der Waals surface area contributed by atoms with Gasteiger partial charge in [0.2, 0.25) is 0 Å². The summed E-state index contributed by atoms with van der Waals surface area (Å²) in [7, 11) is 0. The van der Waals surface area contributed by atoms with Gasteiger partial charge in [0.05, 0.1) is 23.5 Å². The zero-order valence-corrected chi connectivity index (χ0v) is 14.3. The van der Waals surface area contributed by atoms with Gasteiger partial charge in [0.15, 0.2) is 0 Å². The highest BCUT2D eigenvalue weighted by atomic mass is 16.2. The number of hydrogen-bond acceptors (Lipinski definition) is 3. The average molecular weight is 338 g/mol. The van der Waals surface area contributed by atoms with Crippen LogP contribution in [0, 0.1) is 6.92 Å². The van der Waals surface area contributed by atoms with Crippen molar-refractivity contribution in [3.8, 4) is 0 Å². The molecule has 3 amide bonds. The van der Waals surface area contributed by atoms with E-state index in [9.17, 15) is 9.59 Å². The van der Waals surface area contributed by atoms with Crippen LogP contribution in [0.25, 0.3) is 0 Å². The molecule has 0 saturated carbocycles. The normalized spacial score (nSPS) is 13.6. The molecule has 6 heteroatoms. The maximum Gasteiger partial charge on any atom is 0.319 e. The molecule has 0 radical (unpaired) electrons. The molecule has 2 heterocycles. The Kier molecular flexibility index (Phi) is 5.28. The molecule has 0 bridgehead atoms. The molecule has 1 saturated heterocycles. The van der Waals surface area contributed by atoms with Gasteiger partial charge in [-0.25, -0.2) is 4.79 Å². The lowest BCUT2D eigenvalue weighted by atomic mass is 10.1. The highest BCUT2D eigenvalue weighted by molar-refractivity contribution is 6.04. The molecule has 1 fully saturated rings. The molecule has 2 aromatic rings. The fourth-order valence-corrected chi connectivity index (χ4v) is 2.93. The third kappa shape index (κ3) is 4.15. The maximum atomic E-state index is 12.7. The Morgan fingerprint density at radius 2 is 1.92 bits per heavy atom. The van der Waals surface area contributed by atoms with Crippen molar-refractivity contribution >= 4 is 17.6 Å². The van der Waals surface area contributed by atoms with Crippen LogP contribution in [0.5, 0.6) is 0 Å². The fourth-order valence-electron chi connectivity index (χ4n) is 2.93. The third-order valence-electron chi connectivity index (χ3n) is 4.29. The number of aryl methyl sites for hydroxylation is 1. The van der Waals surface area contributed by atoms with Gasteiger partial charge in [-0.3, -0.25) is 9.78 Å². The molecule has 3 rings (SSSR count). The van der Waals surface area contributed by atoms with E-state index in [4.69, 9.17) is 0 Å². The first-order valence-corrected chi connectivity index (χ1v) is 8.49. The van der Waals surface area contributed by atoms with Crippen molar-refractivity contribution in [2.75, 3.05) is 18.4 Å². The first-order valence-electron chi connectivity index (χ1n) is 8.49. The van der Waals surface area contributed by atoms with Gasteiger partial charge in [-0.05, 0) is 43.5 Å². The largest absolute Gasteiger partial charge is 0.339 e. The molecule has 0 unspecified atom stereocenters. The Balaban J connectivity index is 1.70. The van der Waals surface area contributed by atoms with Crippen LogP contribution in [0.4, 0.5) is 10.5 Å². The monoisotopic (exact) mass is 338 g/mol. The van der Waals surface area contributed by atoms with E-state index in [0.29, 0.717) is 17.8 Å². The minimum Gasteiger partial charge on any atom is -0.339 e. The van der Waals surface area contributed by atoms with Crippen LogP contribution in [0.1, 0.15) is 34.5 Å². The second-order valence-corrected chi connectivity index (χ2v) is 6.13. The fraction of sp³-hybridized carbons (Fsp3) is 0.316. The average Bonchev–Trinajstić information content (AvgIpc) is 3.17. The maximum absolute atomic E-state index is 12.7. The number of nitrogens with zero attached hydrogens (tertiary/aromatic N) is 2. The number of carbonyl (C=O) groups is 2. The number of urea groups is 1. The molecular formula is C19H22N4O2. The Morgan fingerprint density at radius 3 is 2.64 bits per heavy atom. The van der Waals surface area contributed by atoms with E-state index in [0.717, 1.165) is 37.2 Å². The third-order valence-corrected chi connectivity index (χ3v) is 4.29. The number of pyridine rings is 1. The number of amides is 3. The number of aromatic nitrogens is 1. The quantitative estimate of drug-likeness (QED) is 0.900. The first-order chi connectivity index (χ1) is 12.1. The van der Waals surface area contributed by atoms with Gasteiger partial charge in [0.1, 0.15) is 0 Å². The molecule has 25 heavy (non-hydrogen) atoms. The van der Waals surface area contributed by atoms with Crippen molar-refractivity contribution in [1.82, 2.24) is 15.2 Å². The van der Waals surface area contributed by atoms with E-state index in [2.05, 4.69) is 15.6 Å². The van der Waals surface area contributed by atoms with Crippen LogP contribution in [0.2, 0.25) is 0 Å². The molecule has 0 atom stereocenters. The van der Waals surface area contributed by atoms with E-state index in [1.807, 2.05) is 42.2 Å². The summed E-state index contributed by atoms with van der Waals surface area (Å²) in [5.74, 6) is -0.0266. The van der Waals surface area contributed by atoms with Gasteiger partial charge in [0.25, 0.3) is 5.91 Å². The number of likely N-dealkylation sites (tertiary alicyclic amines) is 1. The zero-order chi connectivity index (χ0) is 17.6. The summed E-state index contributed by atoms with van der Waals surface area (Å²) in [5, 5.41) is 5.60. The molecule has 1 aliphatic heterocycles. The summed E-state index contributed by atoms with van der Waals surface area (Å²) in [5.41, 5.74) is 2.74. The smallest absolute Gasteiger partial charge is 0.319 e. The summed E-state index contributed by atoms with van der Waals surface area (Å²) in [6, 6.07) is 10.7. The molecule has 2 N–H and O–H groups in total. The lowest BCUT2D eigenvalue weighted by molar-refractivity contribution is 0.0794. The molecule has 130 valence electrons. The minimum atomic E-state index is -0.351. The van der Waals surface area contributed by atoms with Crippen molar-refractivity contribution in [3.63, 3.8) is 0 Å². The summed E-state index contributed by atoms with van der Waals surface area (Å²) in [4.78, 5) is 31.0. The van der Waals surface area contributed by atoms with Crippen molar-refractivity contribution in [3.05, 3.63) is 59.4 Å². The van der Waals surface area contributed by atoms with Gasteiger partial charge in [-0.15, -0.1) is 0 Å². The zero-order valence-electron chi connectivity index (χ0n) is 14.3. The van der Waals surface area contributed by atoms with Crippen molar-refractivity contribution in [2.24, 2.45) is 0 Å². The Morgan fingerprint density at radius 1 is 1.12 bits per heavy atom. The lowest BCUT2D eigenvalue weighted by Crippen LogP contribution is -2.32. The van der Waals surface area contributed by atoms with Gasteiger partial charge in [-0.2, -0.15) is 0 Å². The van der Waals surface area contributed by atoms with E-state index in [1.54, 1.807) is 12.3 Å². The van der Waals surface area contributed by atoms with Gasteiger partial charge in [0, 0.05) is 19.3 Å². The summed E-state index contributed by atoms with van der Waals surface area (Å²) in [6.07, 6.45) is 3.75. The second kappa shape index (κ2) is 7.79. The predicted molar refractivity (Wildman–Crippen MR) is 96.4 cm³/mol. The van der Waals surface area contributed by atoms with Crippen LogP contribution >= 0.6 is 0 Å². The number of para-hydroxylation sites is 1. The number of anilines is 1. The summed E-state index contributed by atoms with van der Waals surface area (Å²) in [6.45, 7) is 3.76. The number of hydrogen-bond donors (Lipinski definition) is 2. The first kappa shape index (κ1) is 17.0. The van der Waals surface area contributed by atoms with Crippen molar-refractivity contribution in [2.45, 2.75) is 26.3 Å². The molecule has 0 aliphatic carbocycles. The Hall–Kier alpha value is -2.89. The van der Waals surface area contributed by atoms with Crippen molar-refractivity contribution in [1.29, 1.82) is 0 Å². The number of benzene rings is 1. The van der Waals surface area contributed by atoms with E-state index >= 15 is 0 Å². The number of nitrogens with one attached hydrogen (secondary N) is 2. The van der Waals surface area contributed by atoms with Crippen LogP contribution in [0.15, 0.2) is 42.6 Å². The van der Waals surface area contributed by atoms with Crippen LogP contribution in [0.3, 0.4) is 0 Å². The van der Waals surface area contributed by atoms with Gasteiger partial charge >= 0.3 is 6.03 Å². The van der Waals surface area contributed by atoms with E-state index in [-0.39, 0.29) is 11.9 Å². The topological polar surface area (TPSA) is 74.3 Å². The standard InChI is InChI=1S/C19H22N4O2/c1-14-7-6-9-16(18(24)23-11-4-5-12-23)17(14)22-19(25)21-13-15-8-2-3-10-20-15/h2-3,6-10H,4-5,11-13H2,1H3,(H2,21,22,25). The Labute approximate surface area is 147 Å². The second-order valence-electron chi connectivity index (χ2n) is 6.13. The van der Waals surface area contributed by atoms with Gasteiger partial charge in [-0.1, -0.05) is 18.2 Å².